The lowest BCUT2D eigenvalue weighted by atomic mass is 9.98. The molecule has 2 N–H and O–H groups in total. The summed E-state index contributed by atoms with van der Waals surface area (Å²) in [6.45, 7) is 0.0765. The number of carbonyl (C=O) groups is 2. The molecule has 7 nitrogen and oxygen atoms in total. The van der Waals surface area contributed by atoms with Crippen LogP contribution in [0.1, 0.15) is 28.7 Å². The number of carboxylic acids is 1. The van der Waals surface area contributed by atoms with Crippen LogP contribution < -0.4 is 14.8 Å². The molecule has 0 radical (unpaired) electrons. The van der Waals surface area contributed by atoms with Crippen molar-refractivity contribution >= 4 is 28.0 Å². The van der Waals surface area contributed by atoms with E-state index in [1.54, 1.807) is 12.1 Å². The van der Waals surface area contributed by atoms with Crippen LogP contribution in [-0.2, 0) is 9.53 Å². The summed E-state index contributed by atoms with van der Waals surface area (Å²) in [4.78, 5) is 24.7. The average molecular weight is 512 g/mol. The number of aliphatic carboxylic acids is 1. The summed E-state index contributed by atoms with van der Waals surface area (Å²) in [5.74, 6) is -0.651. The summed E-state index contributed by atoms with van der Waals surface area (Å²) >= 11 is 3.35. The second-order valence-electron chi connectivity index (χ2n) is 7.47. The lowest BCUT2D eigenvalue weighted by Gasteiger charge is -2.21. The van der Waals surface area contributed by atoms with E-state index >= 15 is 0 Å². The third-order valence-electron chi connectivity index (χ3n) is 5.66. The molecule has 0 saturated heterocycles. The third-order valence-corrected chi connectivity index (χ3v) is 6.32. The quantitative estimate of drug-likeness (QED) is 0.456. The molecule has 3 aromatic carbocycles. The lowest BCUT2D eigenvalue weighted by Crippen LogP contribution is -2.35. The van der Waals surface area contributed by atoms with Gasteiger partial charge in [-0.25, -0.2) is 9.59 Å². The van der Waals surface area contributed by atoms with Crippen molar-refractivity contribution in [1.82, 2.24) is 5.32 Å². The molecular weight excluding hydrogens is 490 g/mol. The molecular formula is C25H22BrNO6. The van der Waals surface area contributed by atoms with Gasteiger partial charge in [0.05, 0.1) is 14.2 Å². The number of ether oxygens (including phenoxy) is 3. The van der Waals surface area contributed by atoms with E-state index in [0.717, 1.165) is 22.3 Å². The summed E-state index contributed by atoms with van der Waals surface area (Å²) in [5.41, 5.74) is 4.61. The van der Waals surface area contributed by atoms with Gasteiger partial charge in [-0.2, -0.15) is 0 Å². The van der Waals surface area contributed by atoms with Crippen LogP contribution in [0, 0.1) is 0 Å². The molecule has 1 amide bonds. The Kier molecular flexibility index (Phi) is 6.55. The van der Waals surface area contributed by atoms with Crippen molar-refractivity contribution in [3.63, 3.8) is 0 Å². The monoisotopic (exact) mass is 511 g/mol. The molecule has 1 atom stereocenters. The molecule has 0 spiro atoms. The number of benzene rings is 3. The van der Waals surface area contributed by atoms with Gasteiger partial charge in [-0.1, -0.05) is 64.5 Å². The molecule has 0 fully saturated rings. The summed E-state index contributed by atoms with van der Waals surface area (Å²) in [6.07, 6.45) is -0.839. The molecule has 1 unspecified atom stereocenters. The normalized spacial score (nSPS) is 12.9. The minimum absolute atomic E-state index is 0.0765. The zero-order valence-electron chi connectivity index (χ0n) is 18.0. The third kappa shape index (κ3) is 4.39. The van der Waals surface area contributed by atoms with E-state index in [-0.39, 0.29) is 23.8 Å². The van der Waals surface area contributed by atoms with Crippen LogP contribution >= 0.6 is 15.9 Å². The van der Waals surface area contributed by atoms with Crippen LogP contribution in [0.15, 0.2) is 65.1 Å². The Bertz CT molecular complexity index is 1170. The lowest BCUT2D eigenvalue weighted by molar-refractivity contribution is -0.139. The Morgan fingerprint density at radius 3 is 2.15 bits per heavy atom. The van der Waals surface area contributed by atoms with Gasteiger partial charge < -0.3 is 24.6 Å². The van der Waals surface area contributed by atoms with Gasteiger partial charge in [-0.15, -0.1) is 0 Å². The largest absolute Gasteiger partial charge is 0.497 e. The number of hydrogen-bond donors (Lipinski definition) is 2. The first-order valence-electron chi connectivity index (χ1n) is 10.2. The molecule has 0 saturated carbocycles. The Labute approximate surface area is 199 Å². The number of carboxylic acid groups (broad SMARTS) is 1. The average Bonchev–Trinajstić information content (AvgIpc) is 3.14. The standard InChI is InChI=1S/C25H22BrNO6/c1-31-14-11-20(26)22(21(12-14)32-2)23(24(28)29)27-25(30)33-13-19-17-9-5-3-7-15(17)16-8-4-6-10-18(16)19/h3-12,19,23H,13H2,1-2H3,(H,27,30)(H,28,29). The van der Waals surface area contributed by atoms with Crippen LogP contribution in [0.4, 0.5) is 4.79 Å². The SMILES string of the molecule is COc1cc(Br)c(C(NC(=O)OCC2c3ccccc3-c3ccccc32)C(=O)O)c(OC)c1. The van der Waals surface area contributed by atoms with Crippen molar-refractivity contribution < 1.29 is 28.9 Å². The van der Waals surface area contributed by atoms with Gasteiger partial charge >= 0.3 is 12.1 Å². The first-order chi connectivity index (χ1) is 15.9. The fourth-order valence-electron chi connectivity index (χ4n) is 4.15. The minimum Gasteiger partial charge on any atom is -0.497 e. The zero-order valence-corrected chi connectivity index (χ0v) is 19.6. The van der Waals surface area contributed by atoms with Gasteiger partial charge in [0.2, 0.25) is 0 Å². The van der Waals surface area contributed by atoms with E-state index < -0.39 is 18.1 Å². The summed E-state index contributed by atoms with van der Waals surface area (Å²) in [6, 6.07) is 17.7. The number of amides is 1. The maximum Gasteiger partial charge on any atom is 0.408 e. The van der Waals surface area contributed by atoms with Crippen LogP contribution in [0.25, 0.3) is 11.1 Å². The maximum absolute atomic E-state index is 12.7. The number of hydrogen-bond acceptors (Lipinski definition) is 5. The molecule has 0 aromatic heterocycles. The molecule has 0 aliphatic heterocycles. The van der Waals surface area contributed by atoms with Gasteiger partial charge in [0.1, 0.15) is 18.1 Å². The van der Waals surface area contributed by atoms with Crippen LogP contribution in [0.2, 0.25) is 0 Å². The fourth-order valence-corrected chi connectivity index (χ4v) is 4.80. The predicted molar refractivity (Wildman–Crippen MR) is 126 cm³/mol. The highest BCUT2D eigenvalue weighted by Gasteiger charge is 2.32. The first kappa shape index (κ1) is 22.7. The Balaban J connectivity index is 1.54. The number of halogens is 1. The number of rotatable bonds is 7. The van der Waals surface area contributed by atoms with Crippen molar-refractivity contribution in [2.75, 3.05) is 20.8 Å². The second kappa shape index (κ2) is 9.54. The van der Waals surface area contributed by atoms with Crippen molar-refractivity contribution in [2.24, 2.45) is 0 Å². The number of methoxy groups -OCH3 is 2. The van der Waals surface area contributed by atoms with Crippen molar-refractivity contribution in [3.05, 3.63) is 81.8 Å². The number of fused-ring (bicyclic) bond motifs is 3. The van der Waals surface area contributed by atoms with Gasteiger partial charge in [-0.3, -0.25) is 0 Å². The van der Waals surface area contributed by atoms with E-state index in [1.807, 2.05) is 48.5 Å². The highest BCUT2D eigenvalue weighted by atomic mass is 79.9. The second-order valence-corrected chi connectivity index (χ2v) is 8.32. The van der Waals surface area contributed by atoms with E-state index in [9.17, 15) is 14.7 Å². The maximum atomic E-state index is 12.7. The summed E-state index contributed by atoms with van der Waals surface area (Å²) in [5, 5.41) is 12.3. The number of alkyl carbamates (subject to hydrolysis) is 1. The van der Waals surface area contributed by atoms with E-state index in [4.69, 9.17) is 14.2 Å². The van der Waals surface area contributed by atoms with Crippen molar-refractivity contribution in [2.45, 2.75) is 12.0 Å². The highest BCUT2D eigenvalue weighted by molar-refractivity contribution is 9.10. The zero-order chi connectivity index (χ0) is 23.5. The van der Waals surface area contributed by atoms with Crippen molar-refractivity contribution in [1.29, 1.82) is 0 Å². The van der Waals surface area contributed by atoms with Crippen molar-refractivity contribution in [3.8, 4) is 22.6 Å². The van der Waals surface area contributed by atoms with Crippen LogP contribution in [0.3, 0.4) is 0 Å². The van der Waals surface area contributed by atoms with E-state index in [1.165, 1.54) is 14.2 Å². The summed E-state index contributed by atoms with van der Waals surface area (Å²) < 4.78 is 16.5. The molecule has 170 valence electrons. The highest BCUT2D eigenvalue weighted by Crippen LogP contribution is 2.44. The Morgan fingerprint density at radius 2 is 1.61 bits per heavy atom. The Morgan fingerprint density at radius 1 is 1.00 bits per heavy atom. The van der Waals surface area contributed by atoms with Gasteiger partial charge in [0.15, 0.2) is 6.04 Å². The Hall–Kier alpha value is -3.52. The molecule has 33 heavy (non-hydrogen) atoms. The first-order valence-corrected chi connectivity index (χ1v) is 11.0. The molecule has 8 heteroatoms. The molecule has 0 bridgehead atoms. The van der Waals surface area contributed by atoms with Gasteiger partial charge in [0.25, 0.3) is 0 Å². The van der Waals surface area contributed by atoms with E-state index in [0.29, 0.717) is 10.2 Å². The van der Waals surface area contributed by atoms with Crippen LogP contribution in [0.5, 0.6) is 11.5 Å². The summed E-state index contributed by atoms with van der Waals surface area (Å²) in [7, 11) is 2.90. The number of nitrogens with one attached hydrogen (secondary N) is 1. The minimum atomic E-state index is -1.39. The topological polar surface area (TPSA) is 94.1 Å². The van der Waals surface area contributed by atoms with Crippen LogP contribution in [-0.4, -0.2) is 38.0 Å². The molecule has 1 aliphatic rings. The van der Waals surface area contributed by atoms with E-state index in [2.05, 4.69) is 21.2 Å². The molecule has 4 rings (SSSR count). The predicted octanol–water partition coefficient (Wildman–Crippen LogP) is 5.13. The fraction of sp³-hybridized carbons (Fsp3) is 0.200. The molecule has 3 aromatic rings. The molecule has 1 aliphatic carbocycles. The number of carbonyl (C=O) groups excluding carboxylic acids is 1. The van der Waals surface area contributed by atoms with Gasteiger partial charge in [-0.05, 0) is 28.3 Å². The molecule has 0 heterocycles. The smallest absolute Gasteiger partial charge is 0.408 e. The van der Waals surface area contributed by atoms with Gasteiger partial charge in [0, 0.05) is 22.0 Å².